The molecule has 0 bridgehead atoms. The first-order valence-corrected chi connectivity index (χ1v) is 5.96. The van der Waals surface area contributed by atoms with Gasteiger partial charge in [0.15, 0.2) is 0 Å². The zero-order valence-corrected chi connectivity index (χ0v) is 11.7. The van der Waals surface area contributed by atoms with E-state index in [1.165, 1.54) is 24.8 Å². The maximum Gasteiger partial charge on any atom is 0.329 e. The highest BCUT2D eigenvalue weighted by molar-refractivity contribution is 6.31. The van der Waals surface area contributed by atoms with Crippen molar-refractivity contribution in [3.63, 3.8) is 0 Å². The molecular weight excluding hydrogens is 256 g/mol. The summed E-state index contributed by atoms with van der Waals surface area (Å²) in [6, 6.07) is 1.53. The number of likely N-dealkylation sites (N-methyl/N-ethyl adjacent to an activating group) is 1. The average molecular weight is 273 g/mol. The topological polar surface area (TPSA) is 62.5 Å². The minimum absolute atomic E-state index is 0.306. The quantitative estimate of drug-likeness (QED) is 0.912. The van der Waals surface area contributed by atoms with E-state index in [1.54, 1.807) is 24.7 Å². The number of nitrogens with zero attached hydrogens (tertiary/aromatic N) is 2. The normalized spacial score (nSPS) is 11.4. The van der Waals surface area contributed by atoms with E-state index >= 15 is 0 Å². The van der Waals surface area contributed by atoms with Gasteiger partial charge in [-0.2, -0.15) is 0 Å². The molecule has 6 heteroatoms. The molecule has 1 heterocycles. The molecule has 100 valence electrons. The first-order chi connectivity index (χ1) is 8.21. The van der Waals surface area contributed by atoms with E-state index in [4.69, 9.17) is 11.6 Å². The monoisotopic (exact) mass is 272 g/mol. The number of halogens is 1. The molecule has 1 rings (SSSR count). The molecular formula is C12H17ClN2O3. The third-order valence-electron chi connectivity index (χ3n) is 2.95. The smallest absolute Gasteiger partial charge is 0.329 e. The van der Waals surface area contributed by atoms with E-state index in [1.807, 2.05) is 0 Å². The van der Waals surface area contributed by atoms with E-state index in [0.717, 1.165) is 0 Å². The van der Waals surface area contributed by atoms with Crippen LogP contribution in [0.3, 0.4) is 0 Å². The number of aliphatic carboxylic acids is 1. The number of carbonyl (C=O) groups is 2. The van der Waals surface area contributed by atoms with Crippen LogP contribution >= 0.6 is 11.6 Å². The van der Waals surface area contributed by atoms with Gasteiger partial charge in [-0.25, -0.2) is 4.79 Å². The summed E-state index contributed by atoms with van der Waals surface area (Å²) >= 11 is 5.83. The molecule has 0 aliphatic rings. The van der Waals surface area contributed by atoms with Gasteiger partial charge in [0, 0.05) is 19.8 Å². The Kier molecular flexibility index (Phi) is 4.06. The van der Waals surface area contributed by atoms with E-state index in [9.17, 15) is 14.7 Å². The fraction of sp³-hybridized carbons (Fsp3) is 0.500. The summed E-state index contributed by atoms with van der Waals surface area (Å²) in [5.41, 5.74) is -0.890. The van der Waals surface area contributed by atoms with Crippen LogP contribution in [0.1, 0.15) is 31.3 Å². The van der Waals surface area contributed by atoms with Crippen molar-refractivity contribution in [3.8, 4) is 0 Å². The second-order valence-corrected chi connectivity index (χ2v) is 5.00. The zero-order valence-electron chi connectivity index (χ0n) is 10.9. The van der Waals surface area contributed by atoms with Gasteiger partial charge in [0.05, 0.1) is 5.02 Å². The summed E-state index contributed by atoms with van der Waals surface area (Å²) in [6.07, 6.45) is 1.61. The fourth-order valence-corrected chi connectivity index (χ4v) is 2.03. The maximum absolute atomic E-state index is 12.3. The fourth-order valence-electron chi connectivity index (χ4n) is 1.78. The molecule has 1 N–H and O–H groups in total. The van der Waals surface area contributed by atoms with Gasteiger partial charge >= 0.3 is 5.97 Å². The van der Waals surface area contributed by atoms with Crippen molar-refractivity contribution >= 4 is 23.5 Å². The molecule has 0 spiro atoms. The number of aromatic nitrogens is 1. The zero-order chi connectivity index (χ0) is 14.1. The van der Waals surface area contributed by atoms with Crippen molar-refractivity contribution in [3.05, 3.63) is 23.0 Å². The Hall–Kier alpha value is -1.49. The first-order valence-electron chi connectivity index (χ1n) is 5.59. The SMILES string of the molecule is CCN(C(=O)c1cc(Cl)cn1C)C(C)(C)C(=O)O. The number of carboxylic acids is 1. The molecule has 0 fully saturated rings. The third-order valence-corrected chi connectivity index (χ3v) is 3.16. The largest absolute Gasteiger partial charge is 0.480 e. The van der Waals surface area contributed by atoms with E-state index in [-0.39, 0.29) is 5.91 Å². The number of carboxylic acid groups (broad SMARTS) is 1. The minimum Gasteiger partial charge on any atom is -0.480 e. The van der Waals surface area contributed by atoms with Gasteiger partial charge in [-0.1, -0.05) is 11.6 Å². The van der Waals surface area contributed by atoms with Gasteiger partial charge in [-0.05, 0) is 26.8 Å². The highest BCUT2D eigenvalue weighted by Gasteiger charge is 2.37. The molecule has 1 aromatic heterocycles. The van der Waals surface area contributed by atoms with Crippen LogP contribution in [0.4, 0.5) is 0 Å². The van der Waals surface area contributed by atoms with Crippen molar-refractivity contribution in [2.24, 2.45) is 7.05 Å². The first kappa shape index (κ1) is 14.6. The Morgan fingerprint density at radius 1 is 1.50 bits per heavy atom. The van der Waals surface area contributed by atoms with Crippen LogP contribution in [0.5, 0.6) is 0 Å². The van der Waals surface area contributed by atoms with Crippen molar-refractivity contribution in [2.75, 3.05) is 6.54 Å². The molecule has 5 nitrogen and oxygen atoms in total. The van der Waals surface area contributed by atoms with Gasteiger partial charge in [-0.15, -0.1) is 0 Å². The van der Waals surface area contributed by atoms with Crippen molar-refractivity contribution in [1.29, 1.82) is 0 Å². The molecule has 0 unspecified atom stereocenters. The summed E-state index contributed by atoms with van der Waals surface area (Å²) in [5, 5.41) is 9.64. The van der Waals surface area contributed by atoms with Crippen LogP contribution in [0.25, 0.3) is 0 Å². The van der Waals surface area contributed by atoms with Crippen molar-refractivity contribution in [2.45, 2.75) is 26.3 Å². The maximum atomic E-state index is 12.3. The number of aryl methyl sites for hydroxylation is 1. The van der Waals surface area contributed by atoms with Crippen molar-refractivity contribution < 1.29 is 14.7 Å². The summed E-state index contributed by atoms with van der Waals surface area (Å²) in [6.45, 7) is 5.05. The summed E-state index contributed by atoms with van der Waals surface area (Å²) in [7, 11) is 1.70. The van der Waals surface area contributed by atoms with Crippen LogP contribution in [0.15, 0.2) is 12.3 Å². The number of hydrogen-bond acceptors (Lipinski definition) is 2. The van der Waals surface area contributed by atoms with Crippen LogP contribution < -0.4 is 0 Å². The lowest BCUT2D eigenvalue weighted by molar-refractivity contribution is -0.147. The highest BCUT2D eigenvalue weighted by Crippen LogP contribution is 2.20. The summed E-state index contributed by atoms with van der Waals surface area (Å²) in [5.74, 6) is -1.39. The molecule has 0 atom stereocenters. The van der Waals surface area contributed by atoms with Crippen LogP contribution in [-0.4, -0.2) is 38.5 Å². The van der Waals surface area contributed by atoms with Crippen molar-refractivity contribution in [1.82, 2.24) is 9.47 Å². The van der Waals surface area contributed by atoms with E-state index in [2.05, 4.69) is 0 Å². The van der Waals surface area contributed by atoms with Gasteiger partial charge in [0.1, 0.15) is 11.2 Å². The lowest BCUT2D eigenvalue weighted by Gasteiger charge is -2.34. The Balaban J connectivity index is 3.15. The lowest BCUT2D eigenvalue weighted by atomic mass is 10.0. The predicted molar refractivity (Wildman–Crippen MR) is 68.8 cm³/mol. The Morgan fingerprint density at radius 3 is 2.39 bits per heavy atom. The number of amides is 1. The van der Waals surface area contributed by atoms with E-state index < -0.39 is 11.5 Å². The van der Waals surface area contributed by atoms with Crippen LogP contribution in [0.2, 0.25) is 5.02 Å². The molecule has 1 aromatic rings. The standard InChI is InChI=1S/C12H17ClN2O3/c1-5-15(12(2,3)11(17)18)10(16)9-6-8(13)7-14(9)4/h6-7H,5H2,1-4H3,(H,17,18). The predicted octanol–water partition coefficient (Wildman–Crippen LogP) is 2.00. The molecule has 1 amide bonds. The van der Waals surface area contributed by atoms with Gasteiger partial charge < -0.3 is 14.6 Å². The molecule has 0 saturated carbocycles. The minimum atomic E-state index is -1.26. The Labute approximate surface area is 111 Å². The molecule has 0 radical (unpaired) electrons. The molecule has 0 aliphatic heterocycles. The van der Waals surface area contributed by atoms with Crippen LogP contribution in [-0.2, 0) is 11.8 Å². The molecule has 0 saturated heterocycles. The average Bonchev–Trinajstić information content (AvgIpc) is 2.58. The second kappa shape index (κ2) is 5.02. The van der Waals surface area contributed by atoms with Gasteiger partial charge in [-0.3, -0.25) is 4.79 Å². The number of hydrogen-bond donors (Lipinski definition) is 1. The summed E-state index contributed by atoms with van der Waals surface area (Å²) < 4.78 is 1.59. The van der Waals surface area contributed by atoms with Gasteiger partial charge in [0.2, 0.25) is 0 Å². The Morgan fingerprint density at radius 2 is 2.06 bits per heavy atom. The third kappa shape index (κ3) is 2.51. The van der Waals surface area contributed by atoms with Crippen LogP contribution in [0, 0.1) is 0 Å². The van der Waals surface area contributed by atoms with E-state index in [0.29, 0.717) is 17.3 Å². The second-order valence-electron chi connectivity index (χ2n) is 4.57. The molecule has 0 aliphatic carbocycles. The lowest BCUT2D eigenvalue weighted by Crippen LogP contribution is -2.53. The molecule has 18 heavy (non-hydrogen) atoms. The number of carbonyl (C=O) groups excluding carboxylic acids is 1. The molecule has 0 aromatic carbocycles. The highest BCUT2D eigenvalue weighted by atomic mass is 35.5. The number of rotatable bonds is 4. The summed E-state index contributed by atoms with van der Waals surface area (Å²) in [4.78, 5) is 24.9. The van der Waals surface area contributed by atoms with Gasteiger partial charge in [0.25, 0.3) is 5.91 Å². The Bertz CT molecular complexity index is 480.